The topological polar surface area (TPSA) is 101 Å². The summed E-state index contributed by atoms with van der Waals surface area (Å²) < 4.78 is 38.7. The molecule has 2 bridgehead atoms. The fourth-order valence-corrected chi connectivity index (χ4v) is 9.17. The van der Waals surface area contributed by atoms with Crippen LogP contribution in [0, 0.1) is 11.2 Å². The minimum Gasteiger partial charge on any atom is -0.478 e. The largest absolute Gasteiger partial charge is 0.478 e. The molecule has 1 saturated carbocycles. The summed E-state index contributed by atoms with van der Waals surface area (Å²) in [6.07, 6.45) is 3.39. The lowest BCUT2D eigenvalue weighted by molar-refractivity contribution is -0.301. The highest BCUT2D eigenvalue weighted by Crippen LogP contribution is 2.57. The number of rotatable bonds is 7. The summed E-state index contributed by atoms with van der Waals surface area (Å²) >= 11 is 13.4. The summed E-state index contributed by atoms with van der Waals surface area (Å²) in [6.45, 7) is 2.69. The molecule has 258 valence electrons. The molecule has 1 N–H and O–H groups in total. The Labute approximate surface area is 293 Å². The van der Waals surface area contributed by atoms with Gasteiger partial charge in [-0.3, -0.25) is 4.79 Å². The van der Waals surface area contributed by atoms with Gasteiger partial charge >= 0.3 is 5.97 Å². The van der Waals surface area contributed by atoms with Crippen LogP contribution in [-0.2, 0) is 20.8 Å². The number of carboxylic acid groups (broad SMARTS) is 1. The molecule has 3 aromatic carbocycles. The molecule has 0 radical (unpaired) electrons. The van der Waals surface area contributed by atoms with Gasteiger partial charge in [-0.2, -0.15) is 0 Å². The second-order valence-electron chi connectivity index (χ2n) is 13.9. The number of ether oxygens (including phenoxy) is 4. The van der Waals surface area contributed by atoms with Crippen molar-refractivity contribution in [2.75, 3.05) is 57.1 Å². The number of carbonyl (C=O) groups is 2. The van der Waals surface area contributed by atoms with E-state index in [0.29, 0.717) is 35.8 Å². The highest BCUT2D eigenvalue weighted by atomic mass is 35.5. The number of para-hydroxylation sites is 1. The average Bonchev–Trinajstić information content (AvgIpc) is 3.29. The Morgan fingerprint density at radius 3 is 2.29 bits per heavy atom. The van der Waals surface area contributed by atoms with E-state index in [2.05, 4.69) is 9.80 Å². The number of hydrogen-bond donors (Lipinski definition) is 1. The molecule has 3 saturated heterocycles. The normalized spacial score (nSPS) is 23.1. The van der Waals surface area contributed by atoms with Gasteiger partial charge in [-0.15, -0.1) is 0 Å². The third-order valence-electron chi connectivity index (χ3n) is 10.9. The first-order chi connectivity index (χ1) is 23.5. The Balaban J connectivity index is 1.03. The number of hydrogen-bond acceptors (Lipinski definition) is 8. The molecule has 1 amide bonds. The molecule has 4 heterocycles. The molecule has 3 aromatic rings. The minimum absolute atomic E-state index is 0.0285. The molecule has 8 rings (SSSR count). The standard InChI is InChI=1S/C36H36Cl2FN3O7/c1-46-36(47-2)15-35(16-36)17-41(18-35)23-8-27(37)31(28(38)9-23)33(43)40-12-20-4-3-5-24(32(20)49-19-40)25-11-30(26(34(44)45)10-29(25)39)42-21-6-7-22(42)14-48-13-21/h3-5,8-11,21-22H,6-7,12-19H2,1-2H3,(H,44,45). The van der Waals surface area contributed by atoms with Crippen molar-refractivity contribution in [2.45, 2.75) is 50.1 Å². The zero-order valence-electron chi connectivity index (χ0n) is 27.1. The molecule has 2 unspecified atom stereocenters. The first-order valence-electron chi connectivity index (χ1n) is 16.4. The van der Waals surface area contributed by atoms with E-state index in [1.165, 1.54) is 4.90 Å². The molecule has 49 heavy (non-hydrogen) atoms. The van der Waals surface area contributed by atoms with E-state index in [1.807, 2.05) is 6.07 Å². The molecule has 1 spiro atoms. The summed E-state index contributed by atoms with van der Waals surface area (Å²) in [6, 6.07) is 11.6. The van der Waals surface area contributed by atoms with Crippen molar-refractivity contribution >= 4 is 46.5 Å². The maximum absolute atomic E-state index is 15.7. The molecule has 13 heteroatoms. The van der Waals surface area contributed by atoms with Gasteiger partial charge in [0.05, 0.1) is 58.7 Å². The van der Waals surface area contributed by atoms with Crippen LogP contribution in [0.2, 0.25) is 10.0 Å². The highest BCUT2D eigenvalue weighted by molar-refractivity contribution is 6.40. The van der Waals surface area contributed by atoms with Gasteiger partial charge in [-0.25, -0.2) is 9.18 Å². The van der Waals surface area contributed by atoms with E-state index < -0.39 is 17.6 Å². The number of carboxylic acids is 1. The van der Waals surface area contributed by atoms with Crippen molar-refractivity contribution in [1.82, 2.24) is 4.90 Å². The van der Waals surface area contributed by atoms with Gasteiger partial charge in [-0.1, -0.05) is 41.4 Å². The maximum atomic E-state index is 15.7. The number of morpholine rings is 1. The van der Waals surface area contributed by atoms with Gasteiger partial charge in [0.2, 0.25) is 0 Å². The third kappa shape index (κ3) is 5.33. The third-order valence-corrected chi connectivity index (χ3v) is 11.5. The van der Waals surface area contributed by atoms with Crippen LogP contribution in [0.1, 0.15) is 52.0 Å². The summed E-state index contributed by atoms with van der Waals surface area (Å²) in [5.41, 5.74) is 2.92. The van der Waals surface area contributed by atoms with Crippen molar-refractivity contribution in [3.8, 4) is 16.9 Å². The van der Waals surface area contributed by atoms with Crippen molar-refractivity contribution in [2.24, 2.45) is 5.41 Å². The average molecular weight is 713 g/mol. The van der Waals surface area contributed by atoms with Crippen LogP contribution in [0.4, 0.5) is 15.8 Å². The number of amides is 1. The van der Waals surface area contributed by atoms with Gasteiger partial charge in [0, 0.05) is 67.9 Å². The molecule has 1 aliphatic carbocycles. The summed E-state index contributed by atoms with van der Waals surface area (Å²) in [5.74, 6) is -2.32. The number of anilines is 2. The lowest BCUT2D eigenvalue weighted by atomic mass is 9.59. The maximum Gasteiger partial charge on any atom is 0.337 e. The van der Waals surface area contributed by atoms with Crippen molar-refractivity contribution in [3.05, 3.63) is 75.0 Å². The highest BCUT2D eigenvalue weighted by Gasteiger charge is 2.61. The van der Waals surface area contributed by atoms with E-state index in [9.17, 15) is 14.7 Å². The first-order valence-corrected chi connectivity index (χ1v) is 17.1. The SMILES string of the molecule is COC1(OC)CC2(CN(c3cc(Cl)c(C(=O)N4COc5c(cccc5-c5cc(N6C7CCC6COC7)c(C(=O)O)cc5F)C4)c(Cl)c3)C2)C1. The molecule has 4 fully saturated rings. The van der Waals surface area contributed by atoms with Crippen molar-refractivity contribution in [1.29, 1.82) is 0 Å². The van der Waals surface area contributed by atoms with E-state index in [1.54, 1.807) is 44.6 Å². The zero-order valence-corrected chi connectivity index (χ0v) is 28.7. The molecule has 0 aromatic heterocycles. The first kappa shape index (κ1) is 32.6. The second-order valence-corrected chi connectivity index (χ2v) is 14.7. The predicted molar refractivity (Wildman–Crippen MR) is 181 cm³/mol. The van der Waals surface area contributed by atoms with Gasteiger partial charge in [0.1, 0.15) is 11.6 Å². The molecule has 2 atom stereocenters. The Bertz CT molecular complexity index is 1820. The van der Waals surface area contributed by atoms with E-state index in [4.69, 9.17) is 42.1 Å². The van der Waals surface area contributed by atoms with Crippen LogP contribution < -0.4 is 14.5 Å². The number of methoxy groups -OCH3 is 2. The Morgan fingerprint density at radius 1 is 0.980 bits per heavy atom. The number of aromatic carboxylic acids is 1. The number of halogens is 3. The van der Waals surface area contributed by atoms with Crippen LogP contribution in [-0.4, -0.2) is 87.0 Å². The molecule has 4 aliphatic heterocycles. The lowest BCUT2D eigenvalue weighted by Crippen LogP contribution is -2.69. The molecule has 5 aliphatic rings. The number of fused-ring (bicyclic) bond motifs is 3. The van der Waals surface area contributed by atoms with Crippen molar-refractivity contribution < 1.29 is 38.0 Å². The fraction of sp³-hybridized carbons (Fsp3) is 0.444. The van der Waals surface area contributed by atoms with E-state index in [0.717, 1.165) is 50.5 Å². The monoisotopic (exact) mass is 711 g/mol. The van der Waals surface area contributed by atoms with Gasteiger partial charge < -0.3 is 38.8 Å². The molecular weight excluding hydrogens is 676 g/mol. The van der Waals surface area contributed by atoms with Crippen molar-refractivity contribution in [3.63, 3.8) is 0 Å². The van der Waals surface area contributed by atoms with Gasteiger partial charge in [-0.05, 0) is 37.1 Å². The van der Waals surface area contributed by atoms with Crippen LogP contribution in [0.3, 0.4) is 0 Å². The number of benzene rings is 3. The quantitative estimate of drug-likeness (QED) is 0.277. The molecular formula is C36H36Cl2FN3O7. The van der Waals surface area contributed by atoms with Crippen LogP contribution in [0.15, 0.2) is 42.5 Å². The smallest absolute Gasteiger partial charge is 0.337 e. The summed E-state index contributed by atoms with van der Waals surface area (Å²) in [4.78, 5) is 31.8. The Hall–Kier alpha value is -3.61. The Morgan fingerprint density at radius 2 is 1.65 bits per heavy atom. The fourth-order valence-electron chi connectivity index (χ4n) is 8.53. The zero-order chi connectivity index (χ0) is 34.2. The van der Waals surface area contributed by atoms with E-state index >= 15 is 4.39 Å². The number of carbonyl (C=O) groups excluding carboxylic acids is 1. The lowest BCUT2D eigenvalue weighted by Gasteiger charge is -2.63. The van der Waals surface area contributed by atoms with Gasteiger partial charge in [0.25, 0.3) is 5.91 Å². The van der Waals surface area contributed by atoms with Gasteiger partial charge in [0.15, 0.2) is 12.5 Å². The van der Waals surface area contributed by atoms with E-state index in [-0.39, 0.29) is 63.4 Å². The predicted octanol–water partition coefficient (Wildman–Crippen LogP) is 6.45. The molecule has 10 nitrogen and oxygen atoms in total. The van der Waals surface area contributed by atoms with Crippen LogP contribution in [0.25, 0.3) is 11.1 Å². The van der Waals surface area contributed by atoms with Crippen LogP contribution in [0.5, 0.6) is 5.75 Å². The summed E-state index contributed by atoms with van der Waals surface area (Å²) in [7, 11) is 3.33. The number of nitrogens with zero attached hydrogens (tertiary/aromatic N) is 3. The summed E-state index contributed by atoms with van der Waals surface area (Å²) in [5, 5.41) is 10.5. The minimum atomic E-state index is -1.19. The Kier molecular flexibility index (Phi) is 7.99. The second kappa shape index (κ2) is 12.0. The van der Waals surface area contributed by atoms with Crippen LogP contribution >= 0.6 is 23.2 Å².